The second kappa shape index (κ2) is 3.62. The number of carbonyl (C=O) groups is 1. The summed E-state index contributed by atoms with van der Waals surface area (Å²) >= 11 is 0. The van der Waals surface area contributed by atoms with Gasteiger partial charge in [-0.15, -0.1) is 0 Å². The van der Waals surface area contributed by atoms with E-state index in [1.165, 1.54) is 12.5 Å². The van der Waals surface area contributed by atoms with E-state index in [1.807, 2.05) is 6.92 Å². The monoisotopic (exact) mass is 218 g/mol. The van der Waals surface area contributed by atoms with E-state index >= 15 is 0 Å². The molecule has 0 aromatic heterocycles. The average molecular weight is 218 g/mol. The molecule has 2 N–H and O–H groups in total. The summed E-state index contributed by atoms with van der Waals surface area (Å²) in [5.41, 5.74) is 5.27. The topological polar surface area (TPSA) is 72.5 Å². The van der Waals surface area contributed by atoms with E-state index in [4.69, 9.17) is 5.73 Å². The van der Waals surface area contributed by atoms with Crippen molar-refractivity contribution in [2.75, 3.05) is 12.5 Å². The van der Waals surface area contributed by atoms with Crippen LogP contribution in [0.25, 0.3) is 0 Å². The first-order valence-corrected chi connectivity index (χ1v) is 7.06. The van der Waals surface area contributed by atoms with Crippen LogP contribution in [-0.2, 0) is 14.5 Å². The molecule has 2 atom stereocenters. The summed E-state index contributed by atoms with van der Waals surface area (Å²) in [4.78, 5) is 11.8. The molecule has 1 aliphatic carbocycles. The van der Waals surface area contributed by atoms with Crippen molar-refractivity contribution in [3.63, 3.8) is 0 Å². The van der Waals surface area contributed by atoms with Gasteiger partial charge < -0.3 is 5.73 Å². The molecular formula is C9H18N2O2S. The zero-order valence-corrected chi connectivity index (χ0v) is 9.76. The van der Waals surface area contributed by atoms with E-state index in [0.717, 1.165) is 19.3 Å². The lowest BCUT2D eigenvalue weighted by Gasteiger charge is -2.24. The van der Waals surface area contributed by atoms with Crippen LogP contribution in [0.3, 0.4) is 0 Å². The van der Waals surface area contributed by atoms with Crippen LogP contribution in [0.2, 0.25) is 0 Å². The van der Waals surface area contributed by atoms with Gasteiger partial charge in [-0.2, -0.15) is 4.36 Å². The minimum atomic E-state index is -2.35. The predicted molar refractivity (Wildman–Crippen MR) is 57.4 cm³/mol. The predicted octanol–water partition coefficient (Wildman–Crippen LogP) is 0.758. The largest absolute Gasteiger partial charge is 0.327 e. The standard InChI is InChI=1S/C9H18N2O2S/c1-9(6-4-5-7(9)10)8(12)11-14(2,3)13/h7H,4-6,10H2,1-3H3. The molecule has 0 aromatic carbocycles. The van der Waals surface area contributed by atoms with Crippen LogP contribution in [-0.4, -0.2) is 28.7 Å². The third kappa shape index (κ3) is 2.33. The van der Waals surface area contributed by atoms with Gasteiger partial charge in [-0.1, -0.05) is 6.42 Å². The fraction of sp³-hybridized carbons (Fsp3) is 0.889. The molecule has 82 valence electrons. The van der Waals surface area contributed by atoms with Crippen LogP contribution in [0.4, 0.5) is 0 Å². The summed E-state index contributed by atoms with van der Waals surface area (Å²) < 4.78 is 15.1. The van der Waals surface area contributed by atoms with Crippen LogP contribution < -0.4 is 5.73 Å². The molecule has 1 aliphatic rings. The maximum Gasteiger partial charge on any atom is 0.261 e. The Hall–Kier alpha value is -0.420. The van der Waals surface area contributed by atoms with E-state index in [9.17, 15) is 9.00 Å². The van der Waals surface area contributed by atoms with Crippen molar-refractivity contribution in [3.8, 4) is 0 Å². The highest BCUT2D eigenvalue weighted by Crippen LogP contribution is 2.37. The zero-order valence-electron chi connectivity index (χ0n) is 8.95. The zero-order chi connectivity index (χ0) is 11.0. The fourth-order valence-electron chi connectivity index (χ4n) is 1.76. The van der Waals surface area contributed by atoms with E-state index < -0.39 is 15.1 Å². The quantitative estimate of drug-likeness (QED) is 0.706. The fourth-order valence-corrected chi connectivity index (χ4v) is 2.37. The Balaban J connectivity index is 2.95. The Morgan fingerprint density at radius 1 is 1.57 bits per heavy atom. The molecular weight excluding hydrogens is 200 g/mol. The molecule has 14 heavy (non-hydrogen) atoms. The minimum absolute atomic E-state index is 0.138. The second-order valence-electron chi connectivity index (χ2n) is 4.49. The number of nitrogens with zero attached hydrogens (tertiary/aromatic N) is 1. The molecule has 0 spiro atoms. The van der Waals surface area contributed by atoms with Crippen molar-refractivity contribution in [3.05, 3.63) is 0 Å². The van der Waals surface area contributed by atoms with E-state index in [0.29, 0.717) is 0 Å². The van der Waals surface area contributed by atoms with Crippen LogP contribution >= 0.6 is 0 Å². The molecule has 1 rings (SSSR count). The molecule has 4 nitrogen and oxygen atoms in total. The van der Waals surface area contributed by atoms with Crippen LogP contribution in [0, 0.1) is 5.41 Å². The minimum Gasteiger partial charge on any atom is -0.327 e. The number of hydrogen-bond acceptors (Lipinski definition) is 3. The highest BCUT2D eigenvalue weighted by Gasteiger charge is 2.43. The number of carbonyl (C=O) groups excluding carboxylic acids is 1. The van der Waals surface area contributed by atoms with E-state index in [2.05, 4.69) is 4.36 Å². The van der Waals surface area contributed by atoms with Gasteiger partial charge in [0.2, 0.25) is 0 Å². The van der Waals surface area contributed by atoms with Gasteiger partial charge in [0.1, 0.15) is 0 Å². The SMILES string of the molecule is CC1(C(=O)N=S(C)(C)=O)CCCC1N. The Kier molecular flexibility index (Phi) is 3.02. The first kappa shape index (κ1) is 11.7. The molecule has 5 heteroatoms. The summed E-state index contributed by atoms with van der Waals surface area (Å²) in [5.74, 6) is -0.294. The van der Waals surface area contributed by atoms with Crippen molar-refractivity contribution in [2.24, 2.45) is 15.5 Å². The van der Waals surface area contributed by atoms with Gasteiger partial charge in [0.25, 0.3) is 5.91 Å². The molecule has 1 amide bonds. The molecule has 1 saturated carbocycles. The van der Waals surface area contributed by atoms with Gasteiger partial charge >= 0.3 is 0 Å². The van der Waals surface area contributed by atoms with Crippen LogP contribution in [0.15, 0.2) is 4.36 Å². The van der Waals surface area contributed by atoms with Gasteiger partial charge in [-0.3, -0.25) is 4.79 Å². The molecule has 0 heterocycles. The Morgan fingerprint density at radius 3 is 2.50 bits per heavy atom. The molecule has 2 unspecified atom stereocenters. The van der Waals surface area contributed by atoms with Gasteiger partial charge in [0.05, 0.1) is 5.41 Å². The molecule has 1 fully saturated rings. The molecule has 0 bridgehead atoms. The first-order valence-electron chi connectivity index (χ1n) is 4.73. The highest BCUT2D eigenvalue weighted by atomic mass is 32.2. The van der Waals surface area contributed by atoms with Crippen molar-refractivity contribution in [2.45, 2.75) is 32.2 Å². The third-order valence-corrected chi connectivity index (χ3v) is 3.43. The van der Waals surface area contributed by atoms with E-state index in [-0.39, 0.29) is 11.9 Å². The number of nitrogens with two attached hydrogens (primary N) is 1. The smallest absolute Gasteiger partial charge is 0.261 e. The second-order valence-corrected chi connectivity index (χ2v) is 7.04. The normalized spacial score (nSPS) is 33.0. The summed E-state index contributed by atoms with van der Waals surface area (Å²) in [6.07, 6.45) is 5.50. The van der Waals surface area contributed by atoms with Crippen molar-refractivity contribution in [1.29, 1.82) is 0 Å². The van der Waals surface area contributed by atoms with Gasteiger partial charge in [0, 0.05) is 28.3 Å². The summed E-state index contributed by atoms with van der Waals surface area (Å²) in [7, 11) is -2.35. The van der Waals surface area contributed by atoms with Crippen molar-refractivity contribution >= 4 is 15.6 Å². The molecule has 0 aliphatic heterocycles. The van der Waals surface area contributed by atoms with Gasteiger partial charge in [-0.05, 0) is 19.8 Å². The highest BCUT2D eigenvalue weighted by molar-refractivity contribution is 7.92. The van der Waals surface area contributed by atoms with Crippen molar-refractivity contribution < 1.29 is 9.00 Å². The molecule has 0 radical (unpaired) electrons. The summed E-state index contributed by atoms with van der Waals surface area (Å²) in [6, 6.07) is -0.138. The number of hydrogen-bond donors (Lipinski definition) is 1. The third-order valence-electron chi connectivity index (χ3n) is 2.82. The summed E-state index contributed by atoms with van der Waals surface area (Å²) in [6.45, 7) is 1.82. The van der Waals surface area contributed by atoms with Crippen molar-refractivity contribution in [1.82, 2.24) is 0 Å². The van der Waals surface area contributed by atoms with Crippen LogP contribution in [0.5, 0.6) is 0 Å². The van der Waals surface area contributed by atoms with E-state index in [1.54, 1.807) is 0 Å². The lowest BCUT2D eigenvalue weighted by molar-refractivity contribution is -0.126. The Bertz CT molecular complexity index is 350. The average Bonchev–Trinajstić information content (AvgIpc) is 2.30. The molecule has 0 aromatic rings. The Labute approximate surface area is 85.4 Å². The number of rotatable bonds is 1. The van der Waals surface area contributed by atoms with Gasteiger partial charge in [0.15, 0.2) is 0 Å². The van der Waals surface area contributed by atoms with Crippen LogP contribution in [0.1, 0.15) is 26.2 Å². The first-order chi connectivity index (χ1) is 6.26. The lowest BCUT2D eigenvalue weighted by Crippen LogP contribution is -2.40. The van der Waals surface area contributed by atoms with Gasteiger partial charge in [-0.25, -0.2) is 4.21 Å². The summed E-state index contributed by atoms with van der Waals surface area (Å²) in [5, 5.41) is 0. The number of amides is 1. The maximum absolute atomic E-state index is 11.8. The molecule has 0 saturated heterocycles. The maximum atomic E-state index is 11.8. The lowest BCUT2D eigenvalue weighted by atomic mass is 9.85. The Morgan fingerprint density at radius 2 is 2.14 bits per heavy atom.